The highest BCUT2D eigenvalue weighted by molar-refractivity contribution is 5.31. The lowest BCUT2D eigenvalue weighted by molar-refractivity contribution is 0.280. The number of nitrogens with one attached hydrogen (secondary N) is 1. The molecule has 0 aliphatic heterocycles. The monoisotopic (exact) mass is 254 g/mol. The summed E-state index contributed by atoms with van der Waals surface area (Å²) >= 11 is 0. The van der Waals surface area contributed by atoms with Gasteiger partial charge in [-0.2, -0.15) is 0 Å². The van der Waals surface area contributed by atoms with E-state index in [1.807, 2.05) is 7.05 Å². The molecule has 0 spiro atoms. The first-order chi connectivity index (χ1) is 9.33. The first kappa shape index (κ1) is 13.8. The number of hydrogen-bond acceptors (Lipinski definition) is 2. The fourth-order valence-electron chi connectivity index (χ4n) is 2.39. The van der Waals surface area contributed by atoms with Gasteiger partial charge in [-0.05, 0) is 25.2 Å². The van der Waals surface area contributed by atoms with Crippen molar-refractivity contribution in [3.63, 3.8) is 0 Å². The minimum atomic E-state index is 0.316. The molecule has 1 N–H and O–H groups in total. The van der Waals surface area contributed by atoms with Gasteiger partial charge in [-0.15, -0.1) is 0 Å². The van der Waals surface area contributed by atoms with E-state index in [2.05, 4.69) is 77.9 Å². The lowest BCUT2D eigenvalue weighted by Gasteiger charge is -2.29. The second kappa shape index (κ2) is 7.07. The van der Waals surface area contributed by atoms with E-state index in [0.717, 1.165) is 13.1 Å². The Hall–Kier alpha value is -1.64. The molecule has 0 bridgehead atoms. The summed E-state index contributed by atoms with van der Waals surface area (Å²) in [6.07, 6.45) is 0. The molecular weight excluding hydrogens is 232 g/mol. The molecule has 2 heteroatoms. The molecule has 0 atom stereocenters. The van der Waals surface area contributed by atoms with Crippen LogP contribution in [0.2, 0.25) is 0 Å². The van der Waals surface area contributed by atoms with E-state index in [9.17, 15) is 0 Å². The summed E-state index contributed by atoms with van der Waals surface area (Å²) in [6.45, 7) is 2.01. The van der Waals surface area contributed by atoms with Crippen LogP contribution in [0.1, 0.15) is 17.2 Å². The molecule has 0 radical (unpaired) electrons. The predicted octanol–water partition coefficient (Wildman–Crippen LogP) is 2.93. The molecule has 19 heavy (non-hydrogen) atoms. The Labute approximate surface area is 116 Å². The van der Waals surface area contributed by atoms with Gasteiger partial charge in [-0.3, -0.25) is 4.90 Å². The van der Waals surface area contributed by atoms with E-state index in [1.165, 1.54) is 11.1 Å². The summed E-state index contributed by atoms with van der Waals surface area (Å²) < 4.78 is 0. The minimum Gasteiger partial charge on any atom is -0.318 e. The summed E-state index contributed by atoms with van der Waals surface area (Å²) in [7, 11) is 4.18. The van der Waals surface area contributed by atoms with Crippen molar-refractivity contribution in [3.8, 4) is 0 Å². The van der Waals surface area contributed by atoms with Gasteiger partial charge < -0.3 is 5.32 Å². The Kier molecular flexibility index (Phi) is 5.13. The molecule has 2 aromatic carbocycles. The standard InChI is InChI=1S/C17H22N2/c1-18-13-14-19(2)17(15-9-5-3-6-10-15)16-11-7-4-8-12-16/h3-12,17-18H,13-14H2,1-2H3. The average Bonchev–Trinajstić information content (AvgIpc) is 2.47. The summed E-state index contributed by atoms with van der Waals surface area (Å²) in [5.41, 5.74) is 2.68. The molecule has 0 aliphatic carbocycles. The molecule has 2 rings (SSSR count). The Morgan fingerprint density at radius 2 is 1.37 bits per heavy atom. The molecule has 0 saturated heterocycles. The Morgan fingerprint density at radius 1 is 0.895 bits per heavy atom. The average molecular weight is 254 g/mol. The van der Waals surface area contributed by atoms with Gasteiger partial charge in [-0.25, -0.2) is 0 Å². The van der Waals surface area contributed by atoms with Crippen molar-refractivity contribution in [1.29, 1.82) is 0 Å². The molecule has 0 aliphatic rings. The molecule has 0 fully saturated rings. The zero-order chi connectivity index (χ0) is 13.5. The number of hydrogen-bond donors (Lipinski definition) is 1. The van der Waals surface area contributed by atoms with Gasteiger partial charge in [0, 0.05) is 13.1 Å². The number of likely N-dealkylation sites (N-methyl/N-ethyl adjacent to an activating group) is 2. The minimum absolute atomic E-state index is 0.316. The van der Waals surface area contributed by atoms with Gasteiger partial charge in [0.25, 0.3) is 0 Å². The second-order valence-electron chi connectivity index (χ2n) is 4.81. The van der Waals surface area contributed by atoms with Crippen LogP contribution in [0.4, 0.5) is 0 Å². The van der Waals surface area contributed by atoms with Crippen molar-refractivity contribution in [3.05, 3.63) is 71.8 Å². The molecular formula is C17H22N2. The largest absolute Gasteiger partial charge is 0.318 e. The lowest BCUT2D eigenvalue weighted by Crippen LogP contribution is -2.31. The van der Waals surface area contributed by atoms with Crippen molar-refractivity contribution in [2.45, 2.75) is 6.04 Å². The predicted molar refractivity (Wildman–Crippen MR) is 81.3 cm³/mol. The van der Waals surface area contributed by atoms with Crippen LogP contribution in [0.3, 0.4) is 0 Å². The summed E-state index contributed by atoms with van der Waals surface area (Å²) in [4.78, 5) is 2.39. The maximum Gasteiger partial charge on any atom is 0.0599 e. The Balaban J connectivity index is 2.29. The maximum atomic E-state index is 3.21. The van der Waals surface area contributed by atoms with Crippen molar-refractivity contribution in [1.82, 2.24) is 10.2 Å². The molecule has 0 unspecified atom stereocenters. The molecule has 100 valence electrons. The van der Waals surface area contributed by atoms with Gasteiger partial charge >= 0.3 is 0 Å². The van der Waals surface area contributed by atoms with Crippen LogP contribution in [0.25, 0.3) is 0 Å². The van der Waals surface area contributed by atoms with Crippen LogP contribution in [-0.4, -0.2) is 32.1 Å². The smallest absolute Gasteiger partial charge is 0.0599 e. The molecule has 0 saturated carbocycles. The summed E-state index contributed by atoms with van der Waals surface area (Å²) in [5.74, 6) is 0. The third-order valence-electron chi connectivity index (χ3n) is 3.39. The van der Waals surface area contributed by atoms with Crippen LogP contribution in [0.5, 0.6) is 0 Å². The SMILES string of the molecule is CNCCN(C)C(c1ccccc1)c1ccccc1. The van der Waals surface area contributed by atoms with Crippen LogP contribution in [0.15, 0.2) is 60.7 Å². The third-order valence-corrected chi connectivity index (χ3v) is 3.39. The normalized spacial score (nSPS) is 11.2. The van der Waals surface area contributed by atoms with Crippen molar-refractivity contribution in [2.75, 3.05) is 27.2 Å². The lowest BCUT2D eigenvalue weighted by atomic mass is 9.97. The number of nitrogens with zero attached hydrogens (tertiary/aromatic N) is 1. The summed E-state index contributed by atoms with van der Waals surface area (Å²) in [6, 6.07) is 21.7. The first-order valence-electron chi connectivity index (χ1n) is 6.77. The third kappa shape index (κ3) is 3.66. The van der Waals surface area contributed by atoms with Crippen molar-refractivity contribution < 1.29 is 0 Å². The molecule has 2 aromatic rings. The van der Waals surface area contributed by atoms with Crippen LogP contribution >= 0.6 is 0 Å². The summed E-state index contributed by atoms with van der Waals surface area (Å²) in [5, 5.41) is 3.21. The van der Waals surface area contributed by atoms with Crippen LogP contribution in [0, 0.1) is 0 Å². The van der Waals surface area contributed by atoms with E-state index in [-0.39, 0.29) is 0 Å². The second-order valence-corrected chi connectivity index (χ2v) is 4.81. The van der Waals surface area contributed by atoms with E-state index in [1.54, 1.807) is 0 Å². The van der Waals surface area contributed by atoms with Gasteiger partial charge in [0.05, 0.1) is 6.04 Å². The van der Waals surface area contributed by atoms with Crippen LogP contribution in [-0.2, 0) is 0 Å². The van der Waals surface area contributed by atoms with Gasteiger partial charge in [-0.1, -0.05) is 60.7 Å². The Bertz CT molecular complexity index is 428. The quantitative estimate of drug-likeness (QED) is 0.852. The highest BCUT2D eigenvalue weighted by atomic mass is 15.1. The van der Waals surface area contributed by atoms with Gasteiger partial charge in [0.15, 0.2) is 0 Å². The molecule has 0 heterocycles. The molecule has 0 aromatic heterocycles. The fraction of sp³-hybridized carbons (Fsp3) is 0.294. The van der Waals surface area contributed by atoms with E-state index in [4.69, 9.17) is 0 Å². The zero-order valence-electron chi connectivity index (χ0n) is 11.7. The van der Waals surface area contributed by atoms with E-state index in [0.29, 0.717) is 6.04 Å². The Morgan fingerprint density at radius 3 is 1.79 bits per heavy atom. The van der Waals surface area contributed by atoms with Crippen molar-refractivity contribution in [2.24, 2.45) is 0 Å². The fourth-order valence-corrected chi connectivity index (χ4v) is 2.39. The van der Waals surface area contributed by atoms with Crippen molar-refractivity contribution >= 4 is 0 Å². The maximum absolute atomic E-state index is 3.21. The zero-order valence-corrected chi connectivity index (χ0v) is 11.7. The number of rotatable bonds is 6. The molecule has 0 amide bonds. The molecule has 2 nitrogen and oxygen atoms in total. The van der Waals surface area contributed by atoms with Crippen LogP contribution < -0.4 is 5.32 Å². The highest BCUT2D eigenvalue weighted by Crippen LogP contribution is 2.26. The van der Waals surface area contributed by atoms with Gasteiger partial charge in [0.1, 0.15) is 0 Å². The van der Waals surface area contributed by atoms with E-state index >= 15 is 0 Å². The highest BCUT2D eigenvalue weighted by Gasteiger charge is 2.18. The first-order valence-corrected chi connectivity index (χ1v) is 6.77. The van der Waals surface area contributed by atoms with E-state index < -0.39 is 0 Å². The topological polar surface area (TPSA) is 15.3 Å². The van der Waals surface area contributed by atoms with Gasteiger partial charge in [0.2, 0.25) is 0 Å². The number of benzene rings is 2.